The predicted molar refractivity (Wildman–Crippen MR) is 75.0 cm³/mol. The monoisotopic (exact) mass is 260 g/mol. The maximum atomic E-state index is 12.0. The van der Waals surface area contributed by atoms with Gasteiger partial charge in [-0.1, -0.05) is 11.6 Å². The summed E-state index contributed by atoms with van der Waals surface area (Å²) in [5.74, 6) is -0.187. The van der Waals surface area contributed by atoms with Crippen LogP contribution in [0.25, 0.3) is 0 Å². The Bertz CT molecular complexity index is 559. The Kier molecular flexibility index (Phi) is 3.53. The number of nitrogen functional groups attached to an aromatic ring is 1. The molecule has 3 nitrogen and oxygen atoms in total. The molecule has 0 bridgehead atoms. The van der Waals surface area contributed by atoms with Gasteiger partial charge in [-0.3, -0.25) is 4.79 Å². The molecule has 92 valence electrons. The molecule has 0 fully saturated rings. The number of carbonyl (C=O) groups is 1. The van der Waals surface area contributed by atoms with E-state index in [0.29, 0.717) is 22.0 Å². The standard InChI is InChI=1S/C14H13ClN2O/c1-9-6-10(8-12(16)7-9)14(18)17-13-4-2-11(15)3-5-13/h2-8H,16H2,1H3,(H,17,18). The lowest BCUT2D eigenvalue weighted by Crippen LogP contribution is -2.12. The van der Waals surface area contributed by atoms with Gasteiger partial charge in [-0.25, -0.2) is 0 Å². The van der Waals surface area contributed by atoms with Crippen molar-refractivity contribution in [1.82, 2.24) is 0 Å². The third kappa shape index (κ3) is 3.02. The molecule has 0 atom stereocenters. The number of rotatable bonds is 2. The van der Waals surface area contributed by atoms with Crippen LogP contribution >= 0.6 is 11.6 Å². The fourth-order valence-corrected chi connectivity index (χ4v) is 1.81. The number of halogens is 1. The van der Waals surface area contributed by atoms with Crippen molar-refractivity contribution in [1.29, 1.82) is 0 Å². The Labute approximate surface area is 111 Å². The van der Waals surface area contributed by atoms with Crippen molar-refractivity contribution >= 4 is 28.9 Å². The predicted octanol–water partition coefficient (Wildman–Crippen LogP) is 3.48. The second kappa shape index (κ2) is 5.10. The van der Waals surface area contributed by atoms with E-state index in [2.05, 4.69) is 5.32 Å². The molecule has 0 saturated heterocycles. The van der Waals surface area contributed by atoms with Crippen molar-refractivity contribution in [2.75, 3.05) is 11.1 Å². The van der Waals surface area contributed by atoms with Crippen molar-refractivity contribution in [3.63, 3.8) is 0 Å². The molecule has 3 N–H and O–H groups in total. The lowest BCUT2D eigenvalue weighted by Gasteiger charge is -2.07. The van der Waals surface area contributed by atoms with Gasteiger partial charge in [0.1, 0.15) is 0 Å². The SMILES string of the molecule is Cc1cc(N)cc(C(=O)Nc2ccc(Cl)cc2)c1. The molecule has 18 heavy (non-hydrogen) atoms. The number of carbonyl (C=O) groups excluding carboxylic acids is 1. The average Bonchev–Trinajstić information content (AvgIpc) is 2.31. The second-order valence-corrected chi connectivity index (χ2v) is 4.53. The molecule has 0 aliphatic rings. The molecule has 0 unspecified atom stereocenters. The number of hydrogen-bond acceptors (Lipinski definition) is 2. The van der Waals surface area contributed by atoms with Gasteiger partial charge in [-0.05, 0) is 55.0 Å². The number of nitrogens with two attached hydrogens (primary N) is 1. The van der Waals surface area contributed by atoms with Crippen LogP contribution in [0.2, 0.25) is 5.02 Å². The van der Waals surface area contributed by atoms with Crippen LogP contribution in [0, 0.1) is 6.92 Å². The van der Waals surface area contributed by atoms with Crippen LogP contribution < -0.4 is 11.1 Å². The summed E-state index contributed by atoms with van der Waals surface area (Å²) < 4.78 is 0. The summed E-state index contributed by atoms with van der Waals surface area (Å²) in [4.78, 5) is 12.0. The zero-order valence-corrected chi connectivity index (χ0v) is 10.7. The highest BCUT2D eigenvalue weighted by molar-refractivity contribution is 6.30. The summed E-state index contributed by atoms with van der Waals surface area (Å²) >= 11 is 5.78. The Balaban J connectivity index is 2.19. The van der Waals surface area contributed by atoms with E-state index >= 15 is 0 Å². The number of nitrogens with one attached hydrogen (secondary N) is 1. The van der Waals surface area contributed by atoms with Crippen LogP contribution in [0.4, 0.5) is 11.4 Å². The Morgan fingerprint density at radius 1 is 1.17 bits per heavy atom. The van der Waals surface area contributed by atoms with Gasteiger partial charge < -0.3 is 11.1 Å². The van der Waals surface area contributed by atoms with E-state index in [1.165, 1.54) is 0 Å². The molecule has 0 aliphatic heterocycles. The van der Waals surface area contributed by atoms with E-state index in [1.54, 1.807) is 36.4 Å². The second-order valence-electron chi connectivity index (χ2n) is 4.09. The van der Waals surface area contributed by atoms with Gasteiger partial charge in [0.05, 0.1) is 0 Å². The Morgan fingerprint density at radius 3 is 2.44 bits per heavy atom. The van der Waals surface area contributed by atoms with E-state index in [-0.39, 0.29) is 5.91 Å². The topological polar surface area (TPSA) is 55.1 Å². The van der Waals surface area contributed by atoms with E-state index in [1.807, 2.05) is 13.0 Å². The van der Waals surface area contributed by atoms with Gasteiger partial charge in [0.25, 0.3) is 5.91 Å². The fraction of sp³-hybridized carbons (Fsp3) is 0.0714. The van der Waals surface area contributed by atoms with E-state index in [0.717, 1.165) is 5.56 Å². The largest absolute Gasteiger partial charge is 0.399 e. The summed E-state index contributed by atoms with van der Waals surface area (Å²) in [5, 5.41) is 3.42. The van der Waals surface area contributed by atoms with Crippen molar-refractivity contribution < 1.29 is 4.79 Å². The zero-order chi connectivity index (χ0) is 13.1. The number of benzene rings is 2. The minimum Gasteiger partial charge on any atom is -0.399 e. The average molecular weight is 261 g/mol. The maximum Gasteiger partial charge on any atom is 0.255 e. The summed E-state index contributed by atoms with van der Waals surface area (Å²) in [6, 6.07) is 12.2. The normalized spacial score (nSPS) is 10.1. The minimum absolute atomic E-state index is 0.187. The first-order valence-corrected chi connectivity index (χ1v) is 5.86. The third-order valence-electron chi connectivity index (χ3n) is 2.46. The summed E-state index contributed by atoms with van der Waals surface area (Å²) in [6.07, 6.45) is 0. The first-order chi connectivity index (χ1) is 8.54. The first-order valence-electron chi connectivity index (χ1n) is 5.49. The van der Waals surface area contributed by atoms with Crippen molar-refractivity contribution in [3.8, 4) is 0 Å². The third-order valence-corrected chi connectivity index (χ3v) is 2.72. The molecule has 2 rings (SSSR count). The van der Waals surface area contributed by atoms with E-state index in [4.69, 9.17) is 17.3 Å². The van der Waals surface area contributed by atoms with Crippen molar-refractivity contribution in [2.24, 2.45) is 0 Å². The highest BCUT2D eigenvalue weighted by Crippen LogP contribution is 2.16. The van der Waals surface area contributed by atoms with Gasteiger partial charge in [-0.15, -0.1) is 0 Å². The Hall–Kier alpha value is -2.00. The van der Waals surface area contributed by atoms with Crippen LogP contribution in [0.1, 0.15) is 15.9 Å². The van der Waals surface area contributed by atoms with Gasteiger partial charge in [0.2, 0.25) is 0 Å². The number of hydrogen-bond donors (Lipinski definition) is 2. The molecule has 0 aromatic heterocycles. The molecule has 0 aliphatic carbocycles. The molecule has 2 aromatic rings. The van der Waals surface area contributed by atoms with E-state index in [9.17, 15) is 4.79 Å². The molecular formula is C14H13ClN2O. The maximum absolute atomic E-state index is 12.0. The molecule has 0 radical (unpaired) electrons. The van der Waals surface area contributed by atoms with Crippen LogP contribution in [0.5, 0.6) is 0 Å². The molecule has 0 spiro atoms. The number of anilines is 2. The lowest BCUT2D eigenvalue weighted by molar-refractivity contribution is 0.102. The quantitative estimate of drug-likeness (QED) is 0.812. The Morgan fingerprint density at radius 2 is 1.83 bits per heavy atom. The summed E-state index contributed by atoms with van der Waals surface area (Å²) in [6.45, 7) is 1.90. The van der Waals surface area contributed by atoms with E-state index < -0.39 is 0 Å². The smallest absolute Gasteiger partial charge is 0.255 e. The minimum atomic E-state index is -0.187. The van der Waals surface area contributed by atoms with Crippen molar-refractivity contribution in [2.45, 2.75) is 6.92 Å². The van der Waals surface area contributed by atoms with Gasteiger partial charge in [0, 0.05) is 22.0 Å². The molecule has 1 amide bonds. The summed E-state index contributed by atoms with van der Waals surface area (Å²) in [7, 11) is 0. The van der Waals surface area contributed by atoms with Crippen LogP contribution in [-0.2, 0) is 0 Å². The number of aryl methyl sites for hydroxylation is 1. The van der Waals surface area contributed by atoms with Crippen LogP contribution in [0.15, 0.2) is 42.5 Å². The molecule has 4 heteroatoms. The van der Waals surface area contributed by atoms with Gasteiger partial charge >= 0.3 is 0 Å². The number of amides is 1. The van der Waals surface area contributed by atoms with Crippen LogP contribution in [0.3, 0.4) is 0 Å². The van der Waals surface area contributed by atoms with Crippen LogP contribution in [-0.4, -0.2) is 5.91 Å². The highest BCUT2D eigenvalue weighted by atomic mass is 35.5. The molecule has 2 aromatic carbocycles. The first kappa shape index (κ1) is 12.5. The van der Waals surface area contributed by atoms with Gasteiger partial charge in [0.15, 0.2) is 0 Å². The fourth-order valence-electron chi connectivity index (χ4n) is 1.68. The molecular weight excluding hydrogens is 248 g/mol. The zero-order valence-electron chi connectivity index (χ0n) is 9.91. The van der Waals surface area contributed by atoms with Crippen molar-refractivity contribution in [3.05, 3.63) is 58.6 Å². The lowest BCUT2D eigenvalue weighted by atomic mass is 10.1. The molecule has 0 heterocycles. The highest BCUT2D eigenvalue weighted by Gasteiger charge is 2.07. The van der Waals surface area contributed by atoms with Gasteiger partial charge in [-0.2, -0.15) is 0 Å². The summed E-state index contributed by atoms with van der Waals surface area (Å²) in [5.41, 5.74) is 8.49. The molecule has 0 saturated carbocycles.